The molecule has 4 rings (SSSR count). The van der Waals surface area contributed by atoms with Crippen LogP contribution < -0.4 is 0 Å². The van der Waals surface area contributed by atoms with Crippen molar-refractivity contribution in [3.8, 4) is 0 Å². The van der Waals surface area contributed by atoms with E-state index in [2.05, 4.69) is 33.5 Å². The number of carbonyl (C=O) groups is 1. The molecule has 2 saturated heterocycles. The molecule has 0 N–H and O–H groups in total. The van der Waals surface area contributed by atoms with Crippen LogP contribution in [-0.2, 0) is 18.7 Å². The molecule has 2 heterocycles. The van der Waals surface area contributed by atoms with Crippen molar-refractivity contribution in [2.24, 2.45) is 16.7 Å². The minimum Gasteiger partial charge on any atom is -0.414 e. The highest BCUT2D eigenvalue weighted by Crippen LogP contribution is 2.66. The standard InChI is InChI=1S/C19H30O4Si/c1-18(2)14-10-15(23-24(3,4)5)19(11-21-17(22-14)16(18)19)12-7-6-8-13(20)9-12/h9,14-17H,6-8,10-11H2,1-5H3/t14?,15-,16?,17+,19+/m0/s1. The first-order valence-corrected chi connectivity index (χ1v) is 12.7. The van der Waals surface area contributed by atoms with Crippen molar-refractivity contribution >= 4 is 14.1 Å². The molecule has 2 bridgehead atoms. The molecule has 2 aliphatic heterocycles. The van der Waals surface area contributed by atoms with Crippen LogP contribution in [0.25, 0.3) is 0 Å². The summed E-state index contributed by atoms with van der Waals surface area (Å²) in [5.74, 6) is 0.543. The highest BCUT2D eigenvalue weighted by atomic mass is 28.4. The Morgan fingerprint density at radius 1 is 1.25 bits per heavy atom. The fourth-order valence-electron chi connectivity index (χ4n) is 5.61. The number of ether oxygens (including phenoxy) is 2. The second kappa shape index (κ2) is 5.26. The lowest BCUT2D eigenvalue weighted by Gasteiger charge is -2.53. The molecule has 2 aliphatic carbocycles. The minimum atomic E-state index is -1.71. The Kier molecular flexibility index (Phi) is 3.71. The van der Waals surface area contributed by atoms with E-state index < -0.39 is 8.32 Å². The molecule has 24 heavy (non-hydrogen) atoms. The predicted octanol–water partition coefficient (Wildman–Crippen LogP) is 3.67. The van der Waals surface area contributed by atoms with Crippen molar-refractivity contribution < 1.29 is 18.7 Å². The Balaban J connectivity index is 1.82. The molecule has 3 fully saturated rings. The van der Waals surface area contributed by atoms with Crippen LogP contribution in [-0.4, -0.2) is 39.2 Å². The molecule has 0 aromatic rings. The second-order valence-corrected chi connectivity index (χ2v) is 14.0. The van der Waals surface area contributed by atoms with Crippen LogP contribution in [0.1, 0.15) is 39.5 Å². The topological polar surface area (TPSA) is 44.8 Å². The summed E-state index contributed by atoms with van der Waals surface area (Å²) in [6, 6.07) is 0. The zero-order chi connectivity index (χ0) is 17.3. The summed E-state index contributed by atoms with van der Waals surface area (Å²) in [4.78, 5) is 12.2. The van der Waals surface area contributed by atoms with Gasteiger partial charge in [-0.3, -0.25) is 4.79 Å². The Morgan fingerprint density at radius 3 is 2.67 bits per heavy atom. The van der Waals surface area contributed by atoms with Crippen LogP contribution in [0.5, 0.6) is 0 Å². The summed E-state index contributed by atoms with van der Waals surface area (Å²) in [6.45, 7) is 12.0. The van der Waals surface area contributed by atoms with Gasteiger partial charge in [0.25, 0.3) is 0 Å². The van der Waals surface area contributed by atoms with Crippen molar-refractivity contribution in [2.75, 3.05) is 6.61 Å². The molecule has 5 heteroatoms. The van der Waals surface area contributed by atoms with Crippen molar-refractivity contribution in [3.63, 3.8) is 0 Å². The molecule has 5 atom stereocenters. The summed E-state index contributed by atoms with van der Waals surface area (Å²) in [7, 11) is -1.71. The zero-order valence-electron chi connectivity index (χ0n) is 15.6. The highest BCUT2D eigenvalue weighted by Gasteiger charge is 2.71. The van der Waals surface area contributed by atoms with Crippen LogP contribution in [0.4, 0.5) is 0 Å². The van der Waals surface area contributed by atoms with Crippen molar-refractivity contribution in [1.82, 2.24) is 0 Å². The fraction of sp³-hybridized carbons (Fsp3) is 0.842. The van der Waals surface area contributed by atoms with Gasteiger partial charge in [0, 0.05) is 24.2 Å². The Morgan fingerprint density at radius 2 is 2.00 bits per heavy atom. The summed E-state index contributed by atoms with van der Waals surface area (Å²) in [5.41, 5.74) is 1.14. The summed E-state index contributed by atoms with van der Waals surface area (Å²) < 4.78 is 19.1. The molecule has 0 aromatic carbocycles. The molecule has 4 nitrogen and oxygen atoms in total. The summed E-state index contributed by atoms with van der Waals surface area (Å²) in [5, 5.41) is 0. The van der Waals surface area contributed by atoms with Gasteiger partial charge in [-0.2, -0.15) is 0 Å². The number of hydrogen-bond donors (Lipinski definition) is 0. The van der Waals surface area contributed by atoms with E-state index in [4.69, 9.17) is 13.9 Å². The number of carbonyl (C=O) groups excluding carboxylic acids is 1. The van der Waals surface area contributed by atoms with Gasteiger partial charge in [0.2, 0.25) is 0 Å². The minimum absolute atomic E-state index is 0.0573. The third-order valence-electron chi connectivity index (χ3n) is 6.54. The van der Waals surface area contributed by atoms with E-state index in [0.717, 1.165) is 19.3 Å². The molecule has 1 saturated carbocycles. The van der Waals surface area contributed by atoms with Crippen LogP contribution in [0.2, 0.25) is 19.6 Å². The van der Waals surface area contributed by atoms with E-state index in [9.17, 15) is 4.79 Å². The van der Waals surface area contributed by atoms with Gasteiger partial charge in [-0.15, -0.1) is 0 Å². The van der Waals surface area contributed by atoms with E-state index in [1.54, 1.807) is 0 Å². The Bertz CT molecular complexity index is 591. The smallest absolute Gasteiger partial charge is 0.184 e. The number of rotatable bonds is 3. The van der Waals surface area contributed by atoms with E-state index in [1.807, 2.05) is 6.08 Å². The van der Waals surface area contributed by atoms with Gasteiger partial charge in [-0.1, -0.05) is 19.4 Å². The number of fused-ring (bicyclic) bond motifs is 1. The van der Waals surface area contributed by atoms with Crippen LogP contribution in [0.15, 0.2) is 11.6 Å². The molecule has 134 valence electrons. The van der Waals surface area contributed by atoms with Crippen molar-refractivity contribution in [1.29, 1.82) is 0 Å². The monoisotopic (exact) mass is 350 g/mol. The highest BCUT2D eigenvalue weighted by molar-refractivity contribution is 6.69. The third kappa shape index (κ3) is 2.31. The van der Waals surface area contributed by atoms with Crippen molar-refractivity contribution in [3.05, 3.63) is 11.6 Å². The first-order chi connectivity index (χ1) is 11.1. The average molecular weight is 351 g/mol. The molecular formula is C19H30O4Si. The maximum Gasteiger partial charge on any atom is 0.184 e. The summed E-state index contributed by atoms with van der Waals surface area (Å²) in [6.07, 6.45) is 5.61. The summed E-state index contributed by atoms with van der Waals surface area (Å²) >= 11 is 0. The quantitative estimate of drug-likeness (QED) is 0.729. The van der Waals surface area contributed by atoms with E-state index >= 15 is 0 Å². The Labute approximate surface area is 146 Å². The fourth-order valence-corrected chi connectivity index (χ4v) is 6.77. The third-order valence-corrected chi connectivity index (χ3v) is 7.54. The molecule has 0 amide bonds. The SMILES string of the molecule is CC1(C)C2C[C@H](O[Si](C)(C)C)[C@]3(C4=CC(=O)CCC4)CO[C@H](O2)C13. The largest absolute Gasteiger partial charge is 0.414 e. The van der Waals surface area contributed by atoms with Gasteiger partial charge in [-0.25, -0.2) is 0 Å². The molecular weight excluding hydrogens is 320 g/mol. The molecule has 0 radical (unpaired) electrons. The normalized spacial score (nSPS) is 43.9. The lowest BCUT2D eigenvalue weighted by atomic mass is 9.52. The van der Waals surface area contributed by atoms with E-state index in [-0.39, 0.29) is 41.0 Å². The number of allylic oxidation sites excluding steroid dienone is 1. The Hall–Kier alpha value is -0.493. The first kappa shape index (κ1) is 16.9. The van der Waals surface area contributed by atoms with Gasteiger partial charge in [0.05, 0.1) is 18.8 Å². The van der Waals surface area contributed by atoms with Crippen LogP contribution >= 0.6 is 0 Å². The lowest BCUT2D eigenvalue weighted by molar-refractivity contribution is -0.147. The van der Waals surface area contributed by atoms with E-state index in [1.165, 1.54) is 5.57 Å². The van der Waals surface area contributed by atoms with Gasteiger partial charge < -0.3 is 13.9 Å². The van der Waals surface area contributed by atoms with Gasteiger partial charge in [0.1, 0.15) is 0 Å². The van der Waals surface area contributed by atoms with Crippen molar-refractivity contribution in [2.45, 2.75) is 77.7 Å². The first-order valence-electron chi connectivity index (χ1n) is 9.33. The molecule has 0 spiro atoms. The average Bonchev–Trinajstić information content (AvgIpc) is 2.89. The van der Waals surface area contributed by atoms with Gasteiger partial charge in [0.15, 0.2) is 20.4 Å². The van der Waals surface area contributed by atoms with Crippen LogP contribution in [0, 0.1) is 16.7 Å². The maximum atomic E-state index is 12.2. The number of ketones is 1. The lowest BCUT2D eigenvalue weighted by Crippen LogP contribution is -2.58. The molecule has 4 aliphatic rings. The van der Waals surface area contributed by atoms with Gasteiger partial charge in [-0.05, 0) is 44.0 Å². The molecule has 0 aromatic heterocycles. The molecule has 2 unspecified atom stereocenters. The second-order valence-electron chi connectivity index (χ2n) is 9.59. The number of hydrogen-bond acceptors (Lipinski definition) is 4. The zero-order valence-corrected chi connectivity index (χ0v) is 16.6. The maximum absolute atomic E-state index is 12.2. The van der Waals surface area contributed by atoms with Crippen LogP contribution in [0.3, 0.4) is 0 Å². The predicted molar refractivity (Wildman–Crippen MR) is 94.1 cm³/mol. The van der Waals surface area contributed by atoms with Gasteiger partial charge >= 0.3 is 0 Å². The van der Waals surface area contributed by atoms with E-state index in [0.29, 0.717) is 13.0 Å².